The molecule has 0 radical (unpaired) electrons. The molecule has 1 saturated heterocycles. The molecule has 2 N–H and O–H groups in total. The normalized spacial score (nSPS) is 38.8. The molecule has 1 aliphatic carbocycles. The third-order valence-corrected chi connectivity index (χ3v) is 3.07. The summed E-state index contributed by atoms with van der Waals surface area (Å²) in [6.07, 6.45) is 1.05. The molecule has 1 heterocycles. The summed E-state index contributed by atoms with van der Waals surface area (Å²) in [6, 6.07) is 0. The highest BCUT2D eigenvalue weighted by molar-refractivity contribution is 5.87. The Morgan fingerprint density at radius 2 is 1.85 bits per heavy atom. The molecular formula is C9H13NO3. The van der Waals surface area contributed by atoms with Gasteiger partial charge in [0.25, 0.3) is 0 Å². The molecule has 4 heteroatoms. The maximum absolute atomic E-state index is 11.5. The van der Waals surface area contributed by atoms with Crippen LogP contribution in [0.15, 0.2) is 0 Å². The summed E-state index contributed by atoms with van der Waals surface area (Å²) in [6.45, 7) is 1.33. The van der Waals surface area contributed by atoms with Gasteiger partial charge in [0.15, 0.2) is 0 Å². The van der Waals surface area contributed by atoms with Crippen molar-refractivity contribution in [2.75, 3.05) is 13.1 Å². The molecule has 0 amide bonds. The largest absolute Gasteiger partial charge is 0.481 e. The molecule has 0 aromatic heterocycles. The van der Waals surface area contributed by atoms with Crippen molar-refractivity contribution in [1.82, 2.24) is 5.32 Å². The van der Waals surface area contributed by atoms with Crippen molar-refractivity contribution in [2.45, 2.75) is 12.8 Å². The van der Waals surface area contributed by atoms with E-state index in [0.29, 0.717) is 25.9 Å². The lowest BCUT2D eigenvalue weighted by atomic mass is 9.72. The second kappa shape index (κ2) is 3.10. The summed E-state index contributed by atoms with van der Waals surface area (Å²) < 4.78 is 0. The molecule has 0 aromatic rings. The number of aliphatic carboxylic acids is 1. The van der Waals surface area contributed by atoms with Gasteiger partial charge in [0.1, 0.15) is 5.78 Å². The Hall–Kier alpha value is -0.900. The highest BCUT2D eigenvalue weighted by Gasteiger charge is 2.41. The Bertz CT molecular complexity index is 235. The zero-order valence-corrected chi connectivity index (χ0v) is 7.32. The van der Waals surface area contributed by atoms with Crippen LogP contribution in [-0.2, 0) is 9.59 Å². The molecule has 2 aliphatic rings. The first-order chi connectivity index (χ1) is 6.18. The molecule has 0 spiro atoms. The number of piperidine rings is 1. The van der Waals surface area contributed by atoms with Crippen LogP contribution in [0.1, 0.15) is 12.8 Å². The Morgan fingerprint density at radius 3 is 2.31 bits per heavy atom. The number of hydrogen-bond acceptors (Lipinski definition) is 3. The molecule has 1 aliphatic heterocycles. The van der Waals surface area contributed by atoms with Crippen molar-refractivity contribution >= 4 is 11.8 Å². The second-order valence-electron chi connectivity index (χ2n) is 3.96. The number of carbonyl (C=O) groups is 2. The molecule has 0 unspecified atom stereocenters. The topological polar surface area (TPSA) is 66.4 Å². The Balaban J connectivity index is 2.11. The van der Waals surface area contributed by atoms with Crippen LogP contribution in [0.25, 0.3) is 0 Å². The predicted molar refractivity (Wildman–Crippen MR) is 45.2 cm³/mol. The zero-order valence-electron chi connectivity index (χ0n) is 7.32. The number of Topliss-reactive ketones (excluding diaryl/α,β-unsaturated/α-hetero) is 1. The van der Waals surface area contributed by atoms with E-state index < -0.39 is 5.97 Å². The number of ketones is 1. The van der Waals surface area contributed by atoms with Gasteiger partial charge in [-0.25, -0.2) is 0 Å². The monoisotopic (exact) mass is 183 g/mol. The summed E-state index contributed by atoms with van der Waals surface area (Å²) in [5, 5.41) is 12.0. The Morgan fingerprint density at radius 1 is 1.31 bits per heavy atom. The van der Waals surface area contributed by atoms with E-state index in [1.54, 1.807) is 0 Å². The fourth-order valence-electron chi connectivity index (χ4n) is 2.35. The van der Waals surface area contributed by atoms with E-state index >= 15 is 0 Å². The fourth-order valence-corrected chi connectivity index (χ4v) is 2.35. The quantitative estimate of drug-likeness (QED) is 0.595. The van der Waals surface area contributed by atoms with E-state index in [9.17, 15) is 9.59 Å². The van der Waals surface area contributed by atoms with Gasteiger partial charge < -0.3 is 10.4 Å². The van der Waals surface area contributed by atoms with Gasteiger partial charge in [0.05, 0.1) is 5.92 Å². The number of carbonyl (C=O) groups excluding carboxylic acids is 1. The van der Waals surface area contributed by atoms with Gasteiger partial charge in [-0.1, -0.05) is 0 Å². The second-order valence-corrected chi connectivity index (χ2v) is 3.96. The predicted octanol–water partition coefficient (Wildman–Crippen LogP) is -0.114. The first-order valence-corrected chi connectivity index (χ1v) is 4.65. The molecule has 4 nitrogen and oxygen atoms in total. The standard InChI is InChI=1S/C9H13NO3/c11-8-6-1-5(9(12)13)2-7(8)4-10-3-6/h5-7,10H,1-4H2,(H,12,13)/t6-,7-/m0/s1. The summed E-state index contributed by atoms with van der Waals surface area (Å²) in [5.74, 6) is -0.863. The third-order valence-electron chi connectivity index (χ3n) is 3.07. The SMILES string of the molecule is O=C(O)C1C[C@H]2CNC[C@H](C1)C2=O. The lowest BCUT2D eigenvalue weighted by Crippen LogP contribution is -2.49. The minimum absolute atomic E-state index is 0.0476. The molecule has 72 valence electrons. The highest BCUT2D eigenvalue weighted by atomic mass is 16.4. The van der Waals surface area contributed by atoms with Crippen LogP contribution in [0.2, 0.25) is 0 Å². The number of carboxylic acid groups (broad SMARTS) is 1. The maximum Gasteiger partial charge on any atom is 0.306 e. The van der Waals surface area contributed by atoms with Crippen LogP contribution in [0.4, 0.5) is 0 Å². The number of hydrogen-bond donors (Lipinski definition) is 2. The van der Waals surface area contributed by atoms with Crippen molar-refractivity contribution in [2.24, 2.45) is 17.8 Å². The molecule has 2 atom stereocenters. The highest BCUT2D eigenvalue weighted by Crippen LogP contribution is 2.32. The average molecular weight is 183 g/mol. The first kappa shape index (κ1) is 8.69. The number of nitrogens with one attached hydrogen (secondary N) is 1. The maximum atomic E-state index is 11.5. The van der Waals surface area contributed by atoms with Gasteiger partial charge in [0, 0.05) is 24.9 Å². The summed E-state index contributed by atoms with van der Waals surface area (Å²) in [5.41, 5.74) is 0. The van der Waals surface area contributed by atoms with E-state index in [-0.39, 0.29) is 23.5 Å². The van der Waals surface area contributed by atoms with Crippen LogP contribution in [-0.4, -0.2) is 29.9 Å². The summed E-state index contributed by atoms with van der Waals surface area (Å²) >= 11 is 0. The molecule has 2 fully saturated rings. The average Bonchev–Trinajstić information content (AvgIpc) is 2.02. The van der Waals surface area contributed by atoms with Gasteiger partial charge >= 0.3 is 5.97 Å². The van der Waals surface area contributed by atoms with E-state index in [1.165, 1.54) is 0 Å². The number of rotatable bonds is 1. The molecule has 1 saturated carbocycles. The van der Waals surface area contributed by atoms with Crippen molar-refractivity contribution in [3.8, 4) is 0 Å². The number of carboxylic acids is 1. The Labute approximate surface area is 76.3 Å². The molecular weight excluding hydrogens is 170 g/mol. The van der Waals surface area contributed by atoms with E-state index in [2.05, 4.69) is 5.32 Å². The molecule has 0 aromatic carbocycles. The van der Waals surface area contributed by atoms with Crippen LogP contribution in [0, 0.1) is 17.8 Å². The van der Waals surface area contributed by atoms with Gasteiger partial charge in [-0.3, -0.25) is 9.59 Å². The summed E-state index contributed by atoms with van der Waals surface area (Å²) in [4.78, 5) is 22.3. The molecule has 2 bridgehead atoms. The lowest BCUT2D eigenvalue weighted by molar-refractivity contribution is -0.147. The minimum Gasteiger partial charge on any atom is -0.481 e. The lowest BCUT2D eigenvalue weighted by Gasteiger charge is -2.36. The Kier molecular flexibility index (Phi) is 2.07. The zero-order chi connectivity index (χ0) is 9.42. The van der Waals surface area contributed by atoms with Crippen LogP contribution >= 0.6 is 0 Å². The van der Waals surface area contributed by atoms with Crippen molar-refractivity contribution in [1.29, 1.82) is 0 Å². The third kappa shape index (κ3) is 1.46. The van der Waals surface area contributed by atoms with Gasteiger partial charge in [0.2, 0.25) is 0 Å². The van der Waals surface area contributed by atoms with Crippen LogP contribution in [0.3, 0.4) is 0 Å². The van der Waals surface area contributed by atoms with Crippen molar-refractivity contribution in [3.05, 3.63) is 0 Å². The molecule has 2 rings (SSSR count). The first-order valence-electron chi connectivity index (χ1n) is 4.65. The molecule has 13 heavy (non-hydrogen) atoms. The van der Waals surface area contributed by atoms with E-state index in [1.807, 2.05) is 0 Å². The smallest absolute Gasteiger partial charge is 0.306 e. The van der Waals surface area contributed by atoms with E-state index in [4.69, 9.17) is 5.11 Å². The number of fused-ring (bicyclic) bond motifs is 2. The van der Waals surface area contributed by atoms with Gasteiger partial charge in [-0.15, -0.1) is 0 Å². The fraction of sp³-hybridized carbons (Fsp3) is 0.778. The van der Waals surface area contributed by atoms with E-state index in [0.717, 1.165) is 0 Å². The van der Waals surface area contributed by atoms with Crippen molar-refractivity contribution < 1.29 is 14.7 Å². The van der Waals surface area contributed by atoms with Gasteiger partial charge in [-0.2, -0.15) is 0 Å². The van der Waals surface area contributed by atoms with Crippen LogP contribution < -0.4 is 5.32 Å². The summed E-state index contributed by atoms with van der Waals surface area (Å²) in [7, 11) is 0. The van der Waals surface area contributed by atoms with Crippen molar-refractivity contribution in [3.63, 3.8) is 0 Å². The minimum atomic E-state index is -0.746. The van der Waals surface area contributed by atoms with Gasteiger partial charge in [-0.05, 0) is 12.8 Å². The van der Waals surface area contributed by atoms with Crippen LogP contribution in [0.5, 0.6) is 0 Å².